The fraction of sp³-hybridized carbons (Fsp3) is 0.571. The van der Waals surface area contributed by atoms with Gasteiger partial charge in [0, 0.05) is 12.5 Å². The molecular formula is C14H20F3N. The van der Waals surface area contributed by atoms with Gasteiger partial charge < -0.3 is 5.32 Å². The van der Waals surface area contributed by atoms with E-state index in [0.29, 0.717) is 0 Å². The van der Waals surface area contributed by atoms with E-state index in [4.69, 9.17) is 0 Å². The van der Waals surface area contributed by atoms with Gasteiger partial charge in [-0.15, -0.1) is 0 Å². The van der Waals surface area contributed by atoms with Crippen LogP contribution in [0.2, 0.25) is 0 Å². The monoisotopic (exact) mass is 259 g/mol. The summed E-state index contributed by atoms with van der Waals surface area (Å²) in [6.07, 6.45) is -2.68. The average Bonchev–Trinajstić information content (AvgIpc) is 2.31. The molecule has 1 N–H and O–H groups in total. The number of rotatable bonds is 6. The minimum absolute atomic E-state index is 0.0765. The van der Waals surface area contributed by atoms with E-state index in [9.17, 15) is 13.2 Å². The average molecular weight is 259 g/mol. The number of halogens is 3. The summed E-state index contributed by atoms with van der Waals surface area (Å²) in [4.78, 5) is 0. The maximum absolute atomic E-state index is 12.2. The molecule has 1 rings (SSSR count). The zero-order chi connectivity index (χ0) is 13.6. The Hall–Kier alpha value is -1.03. The summed E-state index contributed by atoms with van der Waals surface area (Å²) in [5, 5.41) is 2.94. The lowest BCUT2D eigenvalue weighted by molar-refractivity contribution is -0.136. The van der Waals surface area contributed by atoms with E-state index >= 15 is 0 Å². The van der Waals surface area contributed by atoms with Gasteiger partial charge in [0.1, 0.15) is 0 Å². The van der Waals surface area contributed by atoms with Crippen LogP contribution >= 0.6 is 0 Å². The lowest BCUT2D eigenvalue weighted by atomic mass is 9.99. The molecule has 0 saturated heterocycles. The van der Waals surface area contributed by atoms with Gasteiger partial charge in [-0.2, -0.15) is 13.2 Å². The molecule has 0 fully saturated rings. The molecule has 102 valence electrons. The number of alkyl halides is 3. The molecule has 18 heavy (non-hydrogen) atoms. The van der Waals surface area contributed by atoms with Crippen LogP contribution in [0.5, 0.6) is 0 Å². The highest BCUT2D eigenvalue weighted by Gasteiger charge is 2.28. The van der Waals surface area contributed by atoms with Gasteiger partial charge >= 0.3 is 6.18 Å². The van der Waals surface area contributed by atoms with Gasteiger partial charge in [0.05, 0.1) is 0 Å². The molecule has 0 saturated carbocycles. The summed E-state index contributed by atoms with van der Waals surface area (Å²) in [6, 6.07) is 7.60. The third kappa shape index (κ3) is 5.08. The van der Waals surface area contributed by atoms with Crippen molar-refractivity contribution in [2.24, 2.45) is 0 Å². The van der Waals surface area contributed by atoms with E-state index in [-0.39, 0.29) is 12.5 Å². The molecule has 1 atom stereocenters. The number of aryl methyl sites for hydroxylation is 1. The summed E-state index contributed by atoms with van der Waals surface area (Å²) in [7, 11) is 1.70. The molecule has 0 aromatic heterocycles. The second-order valence-electron chi connectivity index (χ2n) is 4.49. The van der Waals surface area contributed by atoms with Gasteiger partial charge in [-0.1, -0.05) is 37.6 Å². The van der Waals surface area contributed by atoms with Crippen LogP contribution in [0.4, 0.5) is 13.2 Å². The largest absolute Gasteiger partial charge is 0.389 e. The Labute approximate surface area is 106 Å². The first-order chi connectivity index (χ1) is 8.46. The molecule has 0 aliphatic heterocycles. The topological polar surface area (TPSA) is 12.0 Å². The SMILES string of the molecule is CCCc1ccc(C(CCC(F)(F)F)NC)cc1. The van der Waals surface area contributed by atoms with E-state index in [0.717, 1.165) is 18.4 Å². The van der Waals surface area contributed by atoms with Crippen molar-refractivity contribution in [1.29, 1.82) is 0 Å². The summed E-state index contributed by atoms with van der Waals surface area (Å²) >= 11 is 0. The number of hydrogen-bond donors (Lipinski definition) is 1. The molecule has 0 aliphatic rings. The summed E-state index contributed by atoms with van der Waals surface area (Å²) in [6.45, 7) is 2.10. The minimum atomic E-state index is -4.09. The predicted molar refractivity (Wildman–Crippen MR) is 67.5 cm³/mol. The van der Waals surface area contributed by atoms with Crippen molar-refractivity contribution < 1.29 is 13.2 Å². The fourth-order valence-electron chi connectivity index (χ4n) is 1.99. The molecule has 0 amide bonds. The Morgan fingerprint density at radius 1 is 1.17 bits per heavy atom. The van der Waals surface area contributed by atoms with Crippen LogP contribution in [-0.2, 0) is 6.42 Å². The van der Waals surface area contributed by atoms with Gasteiger partial charge in [0.25, 0.3) is 0 Å². The smallest absolute Gasteiger partial charge is 0.313 e. The maximum Gasteiger partial charge on any atom is 0.389 e. The number of nitrogens with one attached hydrogen (secondary N) is 1. The second kappa shape index (κ2) is 6.78. The van der Waals surface area contributed by atoms with Crippen LogP contribution < -0.4 is 5.32 Å². The summed E-state index contributed by atoms with van der Waals surface area (Å²) < 4.78 is 36.6. The molecule has 4 heteroatoms. The Balaban J connectivity index is 2.64. The van der Waals surface area contributed by atoms with Gasteiger partial charge in [-0.05, 0) is 31.0 Å². The Kier molecular flexibility index (Phi) is 5.66. The first-order valence-corrected chi connectivity index (χ1v) is 6.29. The highest BCUT2D eigenvalue weighted by atomic mass is 19.4. The molecule has 1 aromatic rings. The first-order valence-electron chi connectivity index (χ1n) is 6.29. The lowest BCUT2D eigenvalue weighted by Crippen LogP contribution is -2.19. The molecule has 1 aromatic carbocycles. The van der Waals surface area contributed by atoms with E-state index in [1.807, 2.05) is 24.3 Å². The molecule has 0 bridgehead atoms. The van der Waals surface area contributed by atoms with Crippen LogP contribution in [0.15, 0.2) is 24.3 Å². The molecule has 0 aliphatic carbocycles. The van der Waals surface area contributed by atoms with Crippen molar-refractivity contribution in [3.8, 4) is 0 Å². The predicted octanol–water partition coefficient (Wildman–Crippen LogP) is 4.24. The zero-order valence-electron chi connectivity index (χ0n) is 10.8. The molecule has 1 nitrogen and oxygen atoms in total. The molecule has 0 heterocycles. The number of hydrogen-bond acceptors (Lipinski definition) is 1. The van der Waals surface area contributed by atoms with Crippen molar-refractivity contribution >= 4 is 0 Å². The molecular weight excluding hydrogens is 239 g/mol. The van der Waals surface area contributed by atoms with Crippen molar-refractivity contribution in [1.82, 2.24) is 5.32 Å². The van der Waals surface area contributed by atoms with E-state index in [1.54, 1.807) is 7.05 Å². The summed E-state index contributed by atoms with van der Waals surface area (Å²) in [5.41, 5.74) is 2.15. The number of benzene rings is 1. The third-order valence-corrected chi connectivity index (χ3v) is 2.99. The first kappa shape index (κ1) is 15.0. The molecule has 0 spiro atoms. The van der Waals surface area contributed by atoms with Crippen molar-refractivity contribution in [2.45, 2.75) is 44.8 Å². The van der Waals surface area contributed by atoms with Crippen LogP contribution in [0.25, 0.3) is 0 Å². The third-order valence-electron chi connectivity index (χ3n) is 2.99. The van der Waals surface area contributed by atoms with Crippen LogP contribution in [0, 0.1) is 0 Å². The minimum Gasteiger partial charge on any atom is -0.313 e. The van der Waals surface area contributed by atoms with Crippen molar-refractivity contribution in [3.05, 3.63) is 35.4 Å². The van der Waals surface area contributed by atoms with Crippen LogP contribution in [-0.4, -0.2) is 13.2 Å². The van der Waals surface area contributed by atoms with E-state index < -0.39 is 12.6 Å². The van der Waals surface area contributed by atoms with Gasteiger partial charge in [0.15, 0.2) is 0 Å². The van der Waals surface area contributed by atoms with Crippen LogP contribution in [0.1, 0.15) is 43.4 Å². The lowest BCUT2D eigenvalue weighted by Gasteiger charge is -2.18. The quantitative estimate of drug-likeness (QED) is 0.805. The Bertz CT molecular complexity index is 343. The second-order valence-corrected chi connectivity index (χ2v) is 4.49. The standard InChI is InChI=1S/C14H20F3N/c1-3-4-11-5-7-12(8-6-11)13(18-2)9-10-14(15,16)17/h5-8,13,18H,3-4,9-10H2,1-2H3. The van der Waals surface area contributed by atoms with E-state index in [1.165, 1.54) is 5.56 Å². The highest BCUT2D eigenvalue weighted by molar-refractivity contribution is 5.25. The Morgan fingerprint density at radius 3 is 2.22 bits per heavy atom. The Morgan fingerprint density at radius 2 is 1.78 bits per heavy atom. The maximum atomic E-state index is 12.2. The van der Waals surface area contributed by atoms with Crippen molar-refractivity contribution in [2.75, 3.05) is 7.05 Å². The van der Waals surface area contributed by atoms with E-state index in [2.05, 4.69) is 12.2 Å². The fourth-order valence-corrected chi connectivity index (χ4v) is 1.99. The van der Waals surface area contributed by atoms with Gasteiger partial charge in [-0.3, -0.25) is 0 Å². The van der Waals surface area contributed by atoms with Crippen LogP contribution in [0.3, 0.4) is 0 Å². The summed E-state index contributed by atoms with van der Waals surface area (Å²) in [5.74, 6) is 0. The molecule has 0 radical (unpaired) electrons. The van der Waals surface area contributed by atoms with Crippen molar-refractivity contribution in [3.63, 3.8) is 0 Å². The zero-order valence-corrected chi connectivity index (χ0v) is 10.8. The highest BCUT2D eigenvalue weighted by Crippen LogP contribution is 2.27. The van der Waals surface area contributed by atoms with Gasteiger partial charge in [-0.25, -0.2) is 0 Å². The molecule has 1 unspecified atom stereocenters. The normalized spacial score (nSPS) is 13.6. The van der Waals surface area contributed by atoms with Gasteiger partial charge in [0.2, 0.25) is 0 Å².